The van der Waals surface area contributed by atoms with E-state index >= 15 is 13.2 Å². The van der Waals surface area contributed by atoms with E-state index in [1.165, 1.54) is 30.2 Å². The Morgan fingerprint density at radius 2 is 1.54 bits per heavy atom. The largest absolute Gasteiger partial charge is 0.468 e. The van der Waals surface area contributed by atoms with Gasteiger partial charge in [-0.25, -0.2) is 22.8 Å². The molecule has 1 aromatic heterocycles. The third kappa shape index (κ3) is 11.3. The zero-order valence-corrected chi connectivity index (χ0v) is 46.9. The van der Waals surface area contributed by atoms with Crippen molar-refractivity contribution in [1.29, 1.82) is 0 Å². The highest BCUT2D eigenvalue weighted by molar-refractivity contribution is 6.07. The number of fused-ring (bicyclic) bond motifs is 4. The molecule has 1 N–H and O–H groups in total. The van der Waals surface area contributed by atoms with Gasteiger partial charge in [0, 0.05) is 93.9 Å². The highest BCUT2D eigenvalue weighted by Gasteiger charge is 2.47. The van der Waals surface area contributed by atoms with E-state index in [1.807, 2.05) is 37.5 Å². The molecular weight excluding hydrogens is 1050 g/mol. The van der Waals surface area contributed by atoms with Gasteiger partial charge in [0.25, 0.3) is 5.91 Å². The summed E-state index contributed by atoms with van der Waals surface area (Å²) in [7, 11) is 1.46. The van der Waals surface area contributed by atoms with Crippen LogP contribution in [0, 0.1) is 35.7 Å². The summed E-state index contributed by atoms with van der Waals surface area (Å²) >= 11 is 0. The second kappa shape index (κ2) is 22.2. The van der Waals surface area contributed by atoms with E-state index in [0.29, 0.717) is 112 Å². The molecule has 5 saturated heterocycles. The summed E-state index contributed by atoms with van der Waals surface area (Å²) in [6.45, 7) is 13.8. The fraction of sp³-hybridized carbons (Fsp3) is 0.517. The van der Waals surface area contributed by atoms with E-state index < -0.39 is 40.7 Å². The van der Waals surface area contributed by atoms with Gasteiger partial charge in [0.15, 0.2) is 12.6 Å². The van der Waals surface area contributed by atoms with Crippen LogP contribution in [-0.4, -0.2) is 163 Å². The summed E-state index contributed by atoms with van der Waals surface area (Å²) in [6, 6.07) is 11.5. The number of aromatic nitrogens is 2. The number of methoxy groups -OCH3 is 1. The van der Waals surface area contributed by atoms with Crippen LogP contribution >= 0.6 is 0 Å². The number of piperazine rings is 2. The molecule has 2 bridgehead atoms. The summed E-state index contributed by atoms with van der Waals surface area (Å²) in [5, 5.41) is 3.34. The van der Waals surface area contributed by atoms with Gasteiger partial charge in [-0.1, -0.05) is 19.1 Å². The number of hydrogen-bond donors (Lipinski definition) is 1. The molecule has 1 saturated carbocycles. The molecule has 430 valence electrons. The van der Waals surface area contributed by atoms with Crippen molar-refractivity contribution in [2.24, 2.45) is 11.3 Å². The molecule has 21 heteroatoms. The average molecular weight is 1120 g/mol. The van der Waals surface area contributed by atoms with E-state index in [9.17, 15) is 24.0 Å². The summed E-state index contributed by atoms with van der Waals surface area (Å²) < 4.78 is 73.7. The van der Waals surface area contributed by atoms with Crippen molar-refractivity contribution in [2.75, 3.05) is 95.8 Å². The molecular formula is C60H70F3N9O9. The minimum atomic E-state index is -0.970. The molecule has 18 nitrogen and oxygen atoms in total. The lowest BCUT2D eigenvalue weighted by Crippen LogP contribution is -2.57. The normalized spacial score (nSPS) is 20.5. The van der Waals surface area contributed by atoms with Gasteiger partial charge in [-0.05, 0) is 150 Å². The topological polar surface area (TPSA) is 180 Å². The molecule has 5 aromatic rings. The first-order valence-corrected chi connectivity index (χ1v) is 28.3. The maximum Gasteiger partial charge on any atom is 0.410 e. The average Bonchev–Trinajstić information content (AvgIpc) is 4.29. The number of halogens is 3. The van der Waals surface area contributed by atoms with Crippen molar-refractivity contribution < 1.29 is 56.1 Å². The van der Waals surface area contributed by atoms with Crippen LogP contribution in [0.2, 0.25) is 0 Å². The molecule has 5 aliphatic heterocycles. The Morgan fingerprint density at radius 3 is 2.21 bits per heavy atom. The number of imide groups is 1. The molecule has 2 atom stereocenters. The van der Waals surface area contributed by atoms with Gasteiger partial charge in [-0.2, -0.15) is 9.97 Å². The van der Waals surface area contributed by atoms with E-state index in [1.54, 1.807) is 47.1 Å². The Labute approximate surface area is 468 Å². The molecule has 0 spiro atoms. The Balaban J connectivity index is 0.788. The number of urea groups is 1. The van der Waals surface area contributed by atoms with E-state index in [-0.39, 0.29) is 108 Å². The molecule has 81 heavy (non-hydrogen) atoms. The van der Waals surface area contributed by atoms with Crippen LogP contribution in [0.4, 0.5) is 34.3 Å². The Hall–Kier alpha value is -7.26. The first kappa shape index (κ1) is 55.6. The number of benzene rings is 4. The SMILES string of the molecule is CCc1c(F)ccc2cc(OCOC)cc(-c3c(F)cc4c(N5CC6CCC(C5)N6C(=O)OC(C)(C)C)nc(OCC5(CN6CCC(C(=O)N7CCN(C(=O)c8ccc(C)c(N9CCC(=O)NC9=O)c8)CC7)CC6)CC5)nc4c3F)c12. The Morgan fingerprint density at radius 1 is 0.827 bits per heavy atom. The molecule has 6 amide bonds. The van der Waals surface area contributed by atoms with Gasteiger partial charge in [0.2, 0.25) is 11.8 Å². The van der Waals surface area contributed by atoms with Crippen LogP contribution in [0.25, 0.3) is 32.8 Å². The van der Waals surface area contributed by atoms with Crippen LogP contribution in [0.5, 0.6) is 11.8 Å². The number of rotatable bonds is 14. The molecule has 6 aliphatic rings. The number of carbonyl (C=O) groups excluding carboxylic acids is 5. The fourth-order valence-electron chi connectivity index (χ4n) is 12.6. The van der Waals surface area contributed by atoms with E-state index in [2.05, 4.69) is 10.2 Å². The van der Waals surface area contributed by atoms with Crippen molar-refractivity contribution in [2.45, 2.75) is 104 Å². The molecule has 1 aliphatic carbocycles. The molecule has 4 aromatic carbocycles. The smallest absolute Gasteiger partial charge is 0.410 e. The zero-order valence-electron chi connectivity index (χ0n) is 46.9. The van der Waals surface area contributed by atoms with E-state index in [0.717, 1.165) is 18.4 Å². The van der Waals surface area contributed by atoms with Gasteiger partial charge >= 0.3 is 18.1 Å². The van der Waals surface area contributed by atoms with Gasteiger partial charge in [-0.15, -0.1) is 0 Å². The lowest BCUT2D eigenvalue weighted by Gasteiger charge is -2.42. The molecule has 2 unspecified atom stereocenters. The molecule has 6 heterocycles. The van der Waals surface area contributed by atoms with Gasteiger partial charge in [0.05, 0.1) is 24.3 Å². The minimum absolute atomic E-state index is 0.0792. The monoisotopic (exact) mass is 1120 g/mol. The number of nitrogens with one attached hydrogen (secondary N) is 1. The molecule has 0 radical (unpaired) electrons. The predicted molar refractivity (Wildman–Crippen MR) is 297 cm³/mol. The van der Waals surface area contributed by atoms with Crippen LogP contribution in [0.3, 0.4) is 0 Å². The van der Waals surface area contributed by atoms with Crippen LogP contribution in [0.15, 0.2) is 48.5 Å². The summed E-state index contributed by atoms with van der Waals surface area (Å²) in [6.07, 6.45) is 4.55. The van der Waals surface area contributed by atoms with Crippen molar-refractivity contribution in [3.63, 3.8) is 0 Å². The lowest BCUT2D eigenvalue weighted by molar-refractivity contribution is -0.138. The number of hydrogen-bond acceptors (Lipinski definition) is 13. The predicted octanol–water partition coefficient (Wildman–Crippen LogP) is 8.61. The Bertz CT molecular complexity index is 3300. The third-order valence-corrected chi connectivity index (χ3v) is 17.0. The quantitative estimate of drug-likeness (QED) is 0.105. The number of aryl methyl sites for hydroxylation is 2. The van der Waals surface area contributed by atoms with Crippen LogP contribution in [-0.2, 0) is 25.5 Å². The summed E-state index contributed by atoms with van der Waals surface area (Å²) in [5.74, 6) is -2.40. The number of likely N-dealkylation sites (tertiary alicyclic amines) is 1. The highest BCUT2D eigenvalue weighted by Crippen LogP contribution is 2.48. The van der Waals surface area contributed by atoms with Crippen molar-refractivity contribution >= 4 is 63.0 Å². The van der Waals surface area contributed by atoms with Gasteiger partial charge in [-0.3, -0.25) is 29.5 Å². The second-order valence-electron chi connectivity index (χ2n) is 23.7. The zero-order chi connectivity index (χ0) is 57.1. The first-order valence-electron chi connectivity index (χ1n) is 28.3. The third-order valence-electron chi connectivity index (χ3n) is 17.0. The highest BCUT2D eigenvalue weighted by atomic mass is 19.1. The summed E-state index contributed by atoms with van der Waals surface area (Å²) in [4.78, 5) is 86.3. The van der Waals surface area contributed by atoms with Crippen LogP contribution in [0.1, 0.15) is 94.1 Å². The van der Waals surface area contributed by atoms with E-state index in [4.69, 9.17) is 28.9 Å². The first-order chi connectivity index (χ1) is 38.8. The van der Waals surface area contributed by atoms with Gasteiger partial charge in [0.1, 0.15) is 34.3 Å². The van der Waals surface area contributed by atoms with Gasteiger partial charge < -0.3 is 38.5 Å². The minimum Gasteiger partial charge on any atom is -0.468 e. The van der Waals surface area contributed by atoms with Crippen molar-refractivity contribution in [3.05, 3.63) is 82.7 Å². The number of anilines is 2. The molecule has 6 fully saturated rings. The number of carbonyl (C=O) groups is 5. The number of piperidine rings is 1. The fourth-order valence-corrected chi connectivity index (χ4v) is 12.6. The maximum absolute atomic E-state index is 17.8. The lowest BCUT2D eigenvalue weighted by atomic mass is 9.91. The maximum atomic E-state index is 17.8. The van der Waals surface area contributed by atoms with Crippen LogP contribution < -0.4 is 24.6 Å². The molecule has 11 rings (SSSR count). The number of ether oxygens (including phenoxy) is 4. The van der Waals surface area contributed by atoms with Crippen molar-refractivity contribution in [3.8, 4) is 22.9 Å². The standard InChI is InChI=1S/C60H70F3N9O9/c1-7-42-45(61)13-10-37-26-41(80-34-78-6)28-43(49(37)42)50-46(62)29-44-52(51(50)63)65-56(66-53(44)70-30-39-11-12-40(31-70)72(39)58(77)81-59(3,4)5)79-33-60(17-18-60)32-67-19-14-36(15-20-67)54(74)68-22-24-69(25-23-68)55(75)38-9-8-35(2)47(27-38)71-21-16-48(73)64-57(71)76/h8-10,13,26-29,36,39-40H,7,11-12,14-25,30-34H2,1-6H3,(H,64,73,76). The van der Waals surface area contributed by atoms with Crippen molar-refractivity contribution in [1.82, 2.24) is 34.9 Å². The second-order valence-corrected chi connectivity index (χ2v) is 23.7. The Kier molecular flexibility index (Phi) is 15.3. The summed E-state index contributed by atoms with van der Waals surface area (Å²) in [5.41, 5.74) is 0.688. The number of nitrogens with zero attached hydrogens (tertiary/aromatic N) is 8. The number of amides is 6.